The van der Waals surface area contributed by atoms with Gasteiger partial charge in [0.15, 0.2) is 15.8 Å². The smallest absolute Gasteiger partial charge is 0.485 e. The van der Waals surface area contributed by atoms with Gasteiger partial charge in [0, 0.05) is 23.3 Å². The third-order valence-electron chi connectivity index (χ3n) is 5.05. The van der Waals surface area contributed by atoms with E-state index in [1.54, 1.807) is 28.9 Å². The molecule has 0 unspecified atom stereocenters. The monoisotopic (exact) mass is 526 g/mol. The summed E-state index contributed by atoms with van der Waals surface area (Å²) in [6.45, 7) is 2.53. The summed E-state index contributed by atoms with van der Waals surface area (Å²) in [4.78, 5) is 36.7. The molecule has 0 bridgehead atoms. The van der Waals surface area contributed by atoms with E-state index >= 15 is 0 Å². The summed E-state index contributed by atoms with van der Waals surface area (Å²) in [6.07, 6.45) is 1.71. The molecule has 0 saturated heterocycles. The molecule has 0 atom stereocenters. The average Bonchev–Trinajstić information content (AvgIpc) is 3.20. The molecule has 0 saturated carbocycles. The molecule has 2 aromatic carbocycles. The lowest BCUT2D eigenvalue weighted by Crippen LogP contribution is -2.43. The van der Waals surface area contributed by atoms with Crippen LogP contribution in [0.3, 0.4) is 0 Å². The fraction of sp³-hybridized carbons (Fsp3) is 0.238. The van der Waals surface area contributed by atoms with Crippen LogP contribution in [-0.2, 0) is 16.7 Å². The SMILES string of the molecule is CCCC[n+]1nn(-c2ccc([N+](=O)[O-])cc2)c2c1C(=O)c1ccccc1C2=O.O=S(=O)([O-])C(F)(F)F. The predicted octanol–water partition coefficient (Wildman–Crippen LogP) is 2.69. The number of nitrogens with zero attached hydrogens (tertiary/aromatic N) is 4. The number of benzene rings is 2. The van der Waals surface area contributed by atoms with E-state index in [0.29, 0.717) is 23.4 Å². The Morgan fingerprint density at radius 3 is 2.03 bits per heavy atom. The van der Waals surface area contributed by atoms with Crippen molar-refractivity contribution in [3.05, 3.63) is 81.2 Å². The molecule has 1 aliphatic rings. The molecule has 0 spiro atoms. The minimum absolute atomic E-state index is 0.0589. The average molecular weight is 526 g/mol. The van der Waals surface area contributed by atoms with Crippen molar-refractivity contribution in [1.29, 1.82) is 0 Å². The Morgan fingerprint density at radius 2 is 1.56 bits per heavy atom. The molecule has 36 heavy (non-hydrogen) atoms. The number of carbonyl (C=O) groups is 2. The van der Waals surface area contributed by atoms with Crippen molar-refractivity contribution in [3.8, 4) is 5.69 Å². The number of hydrogen-bond acceptors (Lipinski definition) is 8. The van der Waals surface area contributed by atoms with Gasteiger partial charge in [-0.2, -0.15) is 13.2 Å². The van der Waals surface area contributed by atoms with E-state index in [2.05, 4.69) is 5.21 Å². The van der Waals surface area contributed by atoms with Crippen molar-refractivity contribution in [3.63, 3.8) is 0 Å². The van der Waals surface area contributed by atoms with E-state index in [4.69, 9.17) is 13.0 Å². The second-order valence-electron chi connectivity index (χ2n) is 7.45. The Hall–Kier alpha value is -3.98. The van der Waals surface area contributed by atoms with Crippen molar-refractivity contribution in [1.82, 2.24) is 9.90 Å². The molecule has 1 heterocycles. The van der Waals surface area contributed by atoms with Crippen LogP contribution < -0.4 is 4.68 Å². The van der Waals surface area contributed by atoms with Crippen LogP contribution >= 0.6 is 0 Å². The number of nitro benzene ring substituents is 1. The van der Waals surface area contributed by atoms with Crippen LogP contribution in [-0.4, -0.2) is 44.9 Å². The topological polar surface area (TPSA) is 156 Å². The first-order valence-corrected chi connectivity index (χ1v) is 11.7. The first-order chi connectivity index (χ1) is 16.8. The normalized spacial score (nSPS) is 12.9. The van der Waals surface area contributed by atoms with Crippen LogP contribution in [0.15, 0.2) is 48.5 Å². The molecule has 3 aromatic rings. The standard InChI is InChI=1S/C20H17N4O4.CHF3O3S/c1-2-3-12-22-17-18(20(26)16-7-5-4-6-15(16)19(17)25)23(21-22)13-8-10-14(11-9-13)24(27)28;2-1(3,4)8(5,6)7/h4-11H,2-3,12H2,1H3;(H,5,6,7)/q+1;/p-1. The number of ketones is 2. The third-order valence-corrected chi connectivity index (χ3v) is 5.62. The van der Waals surface area contributed by atoms with Crippen LogP contribution in [0.4, 0.5) is 18.9 Å². The van der Waals surface area contributed by atoms with Gasteiger partial charge in [0.25, 0.3) is 11.4 Å². The maximum absolute atomic E-state index is 13.2. The lowest BCUT2D eigenvalue weighted by Gasteiger charge is -2.11. The summed E-state index contributed by atoms with van der Waals surface area (Å²) in [5, 5.41) is 15.4. The molecule has 0 radical (unpaired) electrons. The zero-order valence-electron chi connectivity index (χ0n) is 18.4. The number of aryl methyl sites for hydroxylation is 1. The van der Waals surface area contributed by atoms with E-state index in [-0.39, 0.29) is 28.6 Å². The summed E-state index contributed by atoms with van der Waals surface area (Å²) in [7, 11) is -6.09. The number of nitro groups is 1. The van der Waals surface area contributed by atoms with Gasteiger partial charge in [-0.1, -0.05) is 42.3 Å². The molecule has 4 rings (SSSR count). The maximum atomic E-state index is 13.2. The molecule has 1 aromatic heterocycles. The molecular formula is C21H17F3N4O7S. The first kappa shape index (κ1) is 26.6. The quantitative estimate of drug-likeness (QED) is 0.126. The minimum atomic E-state index is -6.09. The fourth-order valence-corrected chi connectivity index (χ4v) is 3.34. The number of halogens is 3. The number of unbranched alkanes of at least 4 members (excludes halogenated alkanes) is 1. The van der Waals surface area contributed by atoms with Gasteiger partial charge in [-0.25, -0.2) is 8.42 Å². The highest BCUT2D eigenvalue weighted by molar-refractivity contribution is 7.86. The van der Waals surface area contributed by atoms with Crippen molar-refractivity contribution in [2.24, 2.45) is 0 Å². The molecule has 0 aliphatic heterocycles. The molecule has 0 N–H and O–H groups in total. The summed E-state index contributed by atoms with van der Waals surface area (Å²) < 4.78 is 61.9. The van der Waals surface area contributed by atoms with E-state index < -0.39 is 20.5 Å². The second-order valence-corrected chi connectivity index (χ2v) is 8.82. The fourth-order valence-electron chi connectivity index (χ4n) is 3.34. The van der Waals surface area contributed by atoms with Gasteiger partial charge >= 0.3 is 5.51 Å². The highest BCUT2D eigenvalue weighted by atomic mass is 32.2. The number of fused-ring (bicyclic) bond motifs is 2. The third kappa shape index (κ3) is 5.16. The summed E-state index contributed by atoms with van der Waals surface area (Å²) >= 11 is 0. The van der Waals surface area contributed by atoms with Crippen molar-refractivity contribution >= 4 is 27.4 Å². The highest BCUT2D eigenvalue weighted by Crippen LogP contribution is 2.27. The molecule has 190 valence electrons. The lowest BCUT2D eigenvalue weighted by atomic mass is 9.90. The van der Waals surface area contributed by atoms with E-state index in [9.17, 15) is 32.9 Å². The van der Waals surface area contributed by atoms with Gasteiger partial charge in [0.1, 0.15) is 6.54 Å². The molecule has 1 aliphatic carbocycles. The molecule has 0 amide bonds. The second kappa shape index (κ2) is 9.94. The molecule has 0 fully saturated rings. The Kier molecular flexibility index (Phi) is 7.35. The van der Waals surface area contributed by atoms with Gasteiger partial charge in [0.2, 0.25) is 17.3 Å². The zero-order chi connectivity index (χ0) is 26.8. The lowest BCUT2D eigenvalue weighted by molar-refractivity contribution is -0.756. The Labute approximate surface area is 201 Å². The first-order valence-electron chi connectivity index (χ1n) is 10.3. The number of alkyl halides is 3. The number of hydrogen-bond donors (Lipinski definition) is 0. The van der Waals surface area contributed by atoms with Crippen LogP contribution in [0.25, 0.3) is 5.69 Å². The molecular weight excluding hydrogens is 509 g/mol. The van der Waals surface area contributed by atoms with Crippen molar-refractivity contribution in [2.45, 2.75) is 31.8 Å². The molecule has 11 nitrogen and oxygen atoms in total. The zero-order valence-corrected chi connectivity index (χ0v) is 19.2. The number of rotatable bonds is 5. The van der Waals surface area contributed by atoms with Crippen molar-refractivity contribution in [2.75, 3.05) is 0 Å². The minimum Gasteiger partial charge on any atom is -0.741 e. The Morgan fingerprint density at radius 1 is 1.03 bits per heavy atom. The number of aromatic nitrogens is 3. The van der Waals surface area contributed by atoms with Gasteiger partial charge < -0.3 is 4.55 Å². The summed E-state index contributed by atoms with van der Waals surface area (Å²) in [5.41, 5.74) is -4.06. The van der Waals surface area contributed by atoms with Gasteiger partial charge in [0.05, 0.1) is 10.1 Å². The van der Waals surface area contributed by atoms with Crippen LogP contribution in [0.2, 0.25) is 0 Å². The number of carbonyl (C=O) groups excluding carboxylic acids is 2. The van der Waals surface area contributed by atoms with Crippen LogP contribution in [0.5, 0.6) is 0 Å². The van der Waals surface area contributed by atoms with E-state index in [1.807, 2.05) is 6.92 Å². The Balaban J connectivity index is 0.000000392. The number of non-ortho nitro benzene ring substituents is 1. The van der Waals surface area contributed by atoms with Gasteiger partial charge in [-0.3, -0.25) is 19.7 Å². The largest absolute Gasteiger partial charge is 0.741 e. The summed E-state index contributed by atoms with van der Waals surface area (Å²) in [6, 6.07) is 12.5. The Bertz CT molecular complexity index is 1450. The molecule has 15 heteroatoms. The van der Waals surface area contributed by atoms with Crippen LogP contribution in [0, 0.1) is 10.1 Å². The van der Waals surface area contributed by atoms with Gasteiger partial charge in [-0.15, -0.1) is 4.68 Å². The van der Waals surface area contributed by atoms with Crippen LogP contribution in [0.1, 0.15) is 51.9 Å². The summed E-state index contributed by atoms with van der Waals surface area (Å²) in [5.74, 6) is -0.527. The van der Waals surface area contributed by atoms with E-state index in [1.165, 1.54) is 28.9 Å². The van der Waals surface area contributed by atoms with E-state index in [0.717, 1.165) is 12.8 Å². The van der Waals surface area contributed by atoms with Crippen molar-refractivity contribution < 1.29 is 45.3 Å². The highest BCUT2D eigenvalue weighted by Gasteiger charge is 2.43. The maximum Gasteiger partial charge on any atom is 0.485 e. The predicted molar refractivity (Wildman–Crippen MR) is 114 cm³/mol. The van der Waals surface area contributed by atoms with Gasteiger partial charge in [-0.05, 0) is 18.6 Å².